The molecule has 1 aromatic heterocycles. The quantitative estimate of drug-likeness (QED) is 0.443. The Hall–Kier alpha value is -3.49. The Balaban J connectivity index is 1.22. The highest BCUT2D eigenvalue weighted by molar-refractivity contribution is 6.31. The molecule has 0 unspecified atom stereocenters. The maximum atomic E-state index is 11.3. The molecule has 2 atom stereocenters. The second-order valence-electron chi connectivity index (χ2n) is 9.88. The summed E-state index contributed by atoms with van der Waals surface area (Å²) in [5.41, 5.74) is 5.42. The minimum absolute atomic E-state index is 0.183. The van der Waals surface area contributed by atoms with Crippen molar-refractivity contribution in [1.29, 1.82) is 0 Å². The second-order valence-corrected chi connectivity index (χ2v) is 10.3. The second kappa shape index (κ2) is 10.3. The minimum Gasteiger partial charge on any atom is -0.486 e. The fraction of sp³-hybridized carbons (Fsp3) is 0.379. The zero-order chi connectivity index (χ0) is 26.2. The summed E-state index contributed by atoms with van der Waals surface area (Å²) in [5, 5.41) is 9.71. The van der Waals surface area contributed by atoms with Crippen LogP contribution in [0.4, 0.5) is 0 Å². The predicted octanol–water partition coefficient (Wildman–Crippen LogP) is 5.15. The third-order valence-corrected chi connectivity index (χ3v) is 7.79. The molecule has 38 heavy (non-hydrogen) atoms. The van der Waals surface area contributed by atoms with Crippen molar-refractivity contribution in [3.8, 4) is 34.4 Å². The van der Waals surface area contributed by atoms with E-state index < -0.39 is 5.97 Å². The molecule has 2 aliphatic heterocycles. The number of carbonyl (C=O) groups is 1. The van der Waals surface area contributed by atoms with Crippen molar-refractivity contribution in [1.82, 2.24) is 9.88 Å². The molecule has 198 valence electrons. The molecule has 6 rings (SSSR count). The van der Waals surface area contributed by atoms with E-state index in [2.05, 4.69) is 28.1 Å². The molecule has 3 aromatic rings. The van der Waals surface area contributed by atoms with Crippen molar-refractivity contribution < 1.29 is 28.8 Å². The molecular weight excluding hydrogens is 508 g/mol. The van der Waals surface area contributed by atoms with Crippen LogP contribution in [0.25, 0.3) is 11.1 Å². The molecule has 1 aliphatic carbocycles. The monoisotopic (exact) mass is 536 g/mol. The maximum Gasteiger partial charge on any atom is 0.307 e. The summed E-state index contributed by atoms with van der Waals surface area (Å²) < 4.78 is 23.4. The number of hydrogen-bond acceptors (Lipinski definition) is 7. The highest BCUT2D eigenvalue weighted by Crippen LogP contribution is 2.43. The predicted molar refractivity (Wildman–Crippen MR) is 141 cm³/mol. The highest BCUT2D eigenvalue weighted by atomic mass is 35.5. The first-order valence-corrected chi connectivity index (χ1v) is 13.2. The van der Waals surface area contributed by atoms with Gasteiger partial charge in [-0.05, 0) is 66.3 Å². The number of carboxylic acids is 1. The Bertz CT molecular complexity index is 1380. The number of carboxylic acid groups (broad SMARTS) is 1. The SMILES string of the molecule is COc1nc(O[C@H]2CCc3c(-c4ccc5c(c4)OCCO5)cccc32)c(Cl)cc1CN1CC[C@H](C(=O)O)C1. The van der Waals surface area contributed by atoms with E-state index in [1.165, 1.54) is 5.56 Å². The lowest BCUT2D eigenvalue weighted by Crippen LogP contribution is -2.23. The summed E-state index contributed by atoms with van der Waals surface area (Å²) in [6.45, 7) is 2.85. The molecule has 2 aromatic carbocycles. The van der Waals surface area contributed by atoms with E-state index in [0.29, 0.717) is 56.1 Å². The van der Waals surface area contributed by atoms with Gasteiger partial charge in [0.05, 0.1) is 13.0 Å². The molecule has 0 amide bonds. The first kappa shape index (κ1) is 24.8. The molecule has 3 aliphatic rings. The zero-order valence-electron chi connectivity index (χ0n) is 21.1. The topological polar surface area (TPSA) is 90.4 Å². The van der Waals surface area contributed by atoms with E-state index in [1.807, 2.05) is 24.3 Å². The van der Waals surface area contributed by atoms with Gasteiger partial charge in [0.25, 0.3) is 0 Å². The average molecular weight is 537 g/mol. The van der Waals surface area contributed by atoms with Gasteiger partial charge in [0.1, 0.15) is 24.3 Å². The summed E-state index contributed by atoms with van der Waals surface area (Å²) in [7, 11) is 1.57. The van der Waals surface area contributed by atoms with Crippen LogP contribution in [0.3, 0.4) is 0 Å². The summed E-state index contributed by atoms with van der Waals surface area (Å²) in [6, 6.07) is 14.2. The highest BCUT2D eigenvalue weighted by Gasteiger charge is 2.30. The van der Waals surface area contributed by atoms with Gasteiger partial charge in [0, 0.05) is 18.7 Å². The molecule has 0 saturated carbocycles. The van der Waals surface area contributed by atoms with Gasteiger partial charge in [-0.1, -0.05) is 35.9 Å². The number of hydrogen-bond donors (Lipinski definition) is 1. The molecule has 3 heterocycles. The Labute approximate surface area is 226 Å². The molecule has 0 bridgehead atoms. The van der Waals surface area contributed by atoms with E-state index in [4.69, 9.17) is 30.5 Å². The van der Waals surface area contributed by atoms with Crippen LogP contribution in [0, 0.1) is 5.92 Å². The summed E-state index contributed by atoms with van der Waals surface area (Å²) >= 11 is 6.64. The molecule has 9 heteroatoms. The third-order valence-electron chi connectivity index (χ3n) is 7.51. The van der Waals surface area contributed by atoms with Crippen molar-refractivity contribution in [3.05, 3.63) is 64.2 Å². The van der Waals surface area contributed by atoms with Crippen molar-refractivity contribution >= 4 is 17.6 Å². The molecule has 0 spiro atoms. The first-order chi connectivity index (χ1) is 18.5. The standard InChI is InChI=1S/C29H29ClN2O6/c1-35-27-19(16-32-10-9-18(15-32)29(33)34)13-23(30)28(31-27)38-24-8-6-21-20(3-2-4-22(21)24)17-5-7-25-26(14-17)37-12-11-36-25/h2-5,7,13-14,18,24H,6,8-12,15-16H2,1H3,(H,33,34)/t18-,24-/m0/s1. The normalized spacial score (nSPS) is 20.3. The number of halogens is 1. The lowest BCUT2D eigenvalue weighted by molar-refractivity contribution is -0.141. The fourth-order valence-electron chi connectivity index (χ4n) is 5.64. The third kappa shape index (κ3) is 4.74. The van der Waals surface area contributed by atoms with Gasteiger partial charge in [-0.2, -0.15) is 4.98 Å². The van der Waals surface area contributed by atoms with Crippen molar-refractivity contribution in [2.45, 2.75) is 31.9 Å². The Morgan fingerprint density at radius 3 is 2.76 bits per heavy atom. The van der Waals surface area contributed by atoms with Crippen LogP contribution < -0.4 is 18.9 Å². The Morgan fingerprint density at radius 2 is 1.97 bits per heavy atom. The van der Waals surface area contributed by atoms with E-state index in [1.54, 1.807) is 7.11 Å². The number of fused-ring (bicyclic) bond motifs is 2. The molecule has 0 radical (unpaired) electrons. The Kier molecular flexibility index (Phi) is 6.76. The van der Waals surface area contributed by atoms with E-state index >= 15 is 0 Å². The number of pyridine rings is 1. The average Bonchev–Trinajstić information content (AvgIpc) is 3.57. The molecule has 1 fully saturated rings. The first-order valence-electron chi connectivity index (χ1n) is 12.9. The fourth-order valence-corrected chi connectivity index (χ4v) is 5.86. The van der Waals surface area contributed by atoms with Crippen LogP contribution in [-0.4, -0.2) is 54.4 Å². The van der Waals surface area contributed by atoms with Gasteiger partial charge in [-0.3, -0.25) is 9.69 Å². The number of nitrogens with zero attached hydrogens (tertiary/aromatic N) is 2. The number of benzene rings is 2. The number of rotatable bonds is 7. The van der Waals surface area contributed by atoms with Crippen molar-refractivity contribution in [2.24, 2.45) is 5.92 Å². The van der Waals surface area contributed by atoms with Gasteiger partial charge in [0.2, 0.25) is 11.8 Å². The van der Waals surface area contributed by atoms with Gasteiger partial charge < -0.3 is 24.1 Å². The van der Waals surface area contributed by atoms with Crippen LogP contribution >= 0.6 is 11.6 Å². The summed E-state index contributed by atoms with van der Waals surface area (Å²) in [6.07, 6.45) is 2.13. The van der Waals surface area contributed by atoms with Gasteiger partial charge in [0.15, 0.2) is 11.5 Å². The number of likely N-dealkylation sites (tertiary alicyclic amines) is 1. The number of aromatic nitrogens is 1. The number of methoxy groups -OCH3 is 1. The molecule has 8 nitrogen and oxygen atoms in total. The lowest BCUT2D eigenvalue weighted by Gasteiger charge is -2.20. The number of aliphatic carboxylic acids is 1. The van der Waals surface area contributed by atoms with Crippen LogP contribution in [0.2, 0.25) is 5.02 Å². The van der Waals surface area contributed by atoms with Gasteiger partial charge >= 0.3 is 5.97 Å². The molecular formula is C29H29ClN2O6. The van der Waals surface area contributed by atoms with Crippen molar-refractivity contribution in [3.63, 3.8) is 0 Å². The van der Waals surface area contributed by atoms with Crippen LogP contribution in [0.1, 0.15) is 35.6 Å². The molecule has 1 N–H and O–H groups in total. The smallest absolute Gasteiger partial charge is 0.307 e. The minimum atomic E-state index is -0.756. The summed E-state index contributed by atoms with van der Waals surface area (Å²) in [5.74, 6) is 1.21. The molecule has 1 saturated heterocycles. The largest absolute Gasteiger partial charge is 0.486 e. The van der Waals surface area contributed by atoms with E-state index in [9.17, 15) is 9.90 Å². The van der Waals surface area contributed by atoms with Gasteiger partial charge in [-0.25, -0.2) is 0 Å². The van der Waals surface area contributed by atoms with E-state index in [-0.39, 0.29) is 12.0 Å². The Morgan fingerprint density at radius 1 is 1.13 bits per heavy atom. The van der Waals surface area contributed by atoms with E-state index in [0.717, 1.165) is 46.6 Å². The van der Waals surface area contributed by atoms with Gasteiger partial charge in [-0.15, -0.1) is 0 Å². The van der Waals surface area contributed by atoms with Crippen LogP contribution in [0.15, 0.2) is 42.5 Å². The van der Waals surface area contributed by atoms with Crippen molar-refractivity contribution in [2.75, 3.05) is 33.4 Å². The van der Waals surface area contributed by atoms with Crippen LogP contribution in [-0.2, 0) is 17.8 Å². The number of ether oxygens (including phenoxy) is 4. The lowest BCUT2D eigenvalue weighted by atomic mass is 9.96. The van der Waals surface area contributed by atoms with Crippen LogP contribution in [0.5, 0.6) is 23.3 Å². The summed E-state index contributed by atoms with van der Waals surface area (Å²) in [4.78, 5) is 18.0. The zero-order valence-corrected chi connectivity index (χ0v) is 21.9. The maximum absolute atomic E-state index is 11.3.